The molecule has 1 amide bonds. The Hall–Kier alpha value is -2.06. The van der Waals surface area contributed by atoms with Gasteiger partial charge in [0.2, 0.25) is 5.91 Å². The molecule has 20 heavy (non-hydrogen) atoms. The molecule has 1 aromatic heterocycles. The van der Waals surface area contributed by atoms with E-state index >= 15 is 0 Å². The zero-order valence-corrected chi connectivity index (χ0v) is 12.2. The van der Waals surface area contributed by atoms with Gasteiger partial charge in [-0.15, -0.1) is 11.6 Å². The molecule has 1 aromatic carbocycles. The number of amides is 1. The lowest BCUT2D eigenvalue weighted by Crippen LogP contribution is -2.27. The van der Waals surface area contributed by atoms with Crippen LogP contribution in [0, 0.1) is 11.3 Å². The number of fused-ring (bicyclic) bond motifs is 1. The van der Waals surface area contributed by atoms with Crippen LogP contribution in [0.25, 0.3) is 11.0 Å². The second-order valence-corrected chi connectivity index (χ2v) is 5.00. The Bertz CT molecular complexity index is 684. The van der Waals surface area contributed by atoms with Crippen LogP contribution in [0.5, 0.6) is 0 Å². The number of aromatic nitrogens is 2. The van der Waals surface area contributed by atoms with Crippen LogP contribution in [0.3, 0.4) is 0 Å². The standard InChI is InChI=1S/C14H15ClN4O/c1-18(2)13(20)9-19-11-5-3-4-10(8-16)14(11)17-12(19)6-7-15/h3-5H,6-7,9H2,1-2H3. The molecule has 0 N–H and O–H groups in total. The van der Waals surface area contributed by atoms with Crippen LogP contribution in [0.1, 0.15) is 11.4 Å². The van der Waals surface area contributed by atoms with E-state index in [4.69, 9.17) is 16.9 Å². The number of hydrogen-bond donors (Lipinski definition) is 0. The van der Waals surface area contributed by atoms with Crippen LogP contribution >= 0.6 is 11.6 Å². The largest absolute Gasteiger partial charge is 0.347 e. The highest BCUT2D eigenvalue weighted by Crippen LogP contribution is 2.20. The van der Waals surface area contributed by atoms with E-state index in [0.717, 1.165) is 11.3 Å². The predicted octanol–water partition coefficient (Wildman–Crippen LogP) is 1.78. The number of nitriles is 1. The Kier molecular flexibility index (Phi) is 4.26. The van der Waals surface area contributed by atoms with Crippen LogP contribution in [0.15, 0.2) is 18.2 Å². The summed E-state index contributed by atoms with van der Waals surface area (Å²) in [7, 11) is 3.42. The van der Waals surface area contributed by atoms with E-state index in [9.17, 15) is 4.79 Å². The van der Waals surface area contributed by atoms with Crippen LogP contribution < -0.4 is 0 Å². The van der Waals surface area contributed by atoms with Crippen molar-refractivity contribution in [1.29, 1.82) is 5.26 Å². The lowest BCUT2D eigenvalue weighted by Gasteiger charge is -2.13. The minimum atomic E-state index is -0.0255. The Labute approximate surface area is 122 Å². The SMILES string of the molecule is CN(C)C(=O)Cn1c(CCCl)nc2c(C#N)cccc21. The number of rotatable bonds is 4. The first kappa shape index (κ1) is 14.4. The zero-order chi connectivity index (χ0) is 14.7. The quantitative estimate of drug-likeness (QED) is 0.806. The first-order valence-corrected chi connectivity index (χ1v) is 6.76. The summed E-state index contributed by atoms with van der Waals surface area (Å²) in [5.41, 5.74) is 1.93. The van der Waals surface area contributed by atoms with Crippen molar-refractivity contribution in [2.24, 2.45) is 0 Å². The van der Waals surface area contributed by atoms with Crippen LogP contribution in [-0.4, -0.2) is 40.3 Å². The number of nitrogens with zero attached hydrogens (tertiary/aromatic N) is 4. The van der Waals surface area contributed by atoms with Crippen molar-refractivity contribution in [1.82, 2.24) is 14.5 Å². The van der Waals surface area contributed by atoms with Gasteiger partial charge in [-0.25, -0.2) is 4.98 Å². The number of para-hydroxylation sites is 1. The summed E-state index contributed by atoms with van der Waals surface area (Å²) >= 11 is 5.79. The lowest BCUT2D eigenvalue weighted by atomic mass is 10.2. The predicted molar refractivity (Wildman–Crippen MR) is 77.6 cm³/mol. The average Bonchev–Trinajstić information content (AvgIpc) is 2.77. The summed E-state index contributed by atoms with van der Waals surface area (Å²) in [5, 5.41) is 9.14. The molecule has 0 radical (unpaired) electrons. The van der Waals surface area contributed by atoms with Gasteiger partial charge in [-0.3, -0.25) is 4.79 Å². The normalized spacial score (nSPS) is 10.5. The highest BCUT2D eigenvalue weighted by Gasteiger charge is 2.16. The number of hydrogen-bond acceptors (Lipinski definition) is 3. The molecule has 0 saturated carbocycles. The number of carbonyl (C=O) groups is 1. The molecule has 2 aromatic rings. The Morgan fingerprint density at radius 2 is 2.25 bits per heavy atom. The fraction of sp³-hybridized carbons (Fsp3) is 0.357. The molecule has 0 saturated heterocycles. The second-order valence-electron chi connectivity index (χ2n) is 4.63. The molecule has 0 aliphatic carbocycles. The molecule has 1 heterocycles. The summed E-state index contributed by atoms with van der Waals surface area (Å²) in [6, 6.07) is 7.50. The first-order valence-electron chi connectivity index (χ1n) is 6.22. The molecular formula is C14H15ClN4O. The highest BCUT2D eigenvalue weighted by atomic mass is 35.5. The molecule has 5 nitrogen and oxygen atoms in total. The molecule has 0 aliphatic heterocycles. The zero-order valence-electron chi connectivity index (χ0n) is 11.4. The summed E-state index contributed by atoms with van der Waals surface area (Å²) in [4.78, 5) is 17.9. The molecule has 0 bridgehead atoms. The summed E-state index contributed by atoms with van der Waals surface area (Å²) in [6.07, 6.45) is 0.557. The molecule has 0 atom stereocenters. The van der Waals surface area contributed by atoms with Gasteiger partial charge in [-0.1, -0.05) is 6.07 Å². The molecule has 0 fully saturated rings. The van der Waals surface area contributed by atoms with E-state index in [-0.39, 0.29) is 12.5 Å². The summed E-state index contributed by atoms with van der Waals surface area (Å²) in [6.45, 7) is 0.199. The van der Waals surface area contributed by atoms with Gasteiger partial charge in [0.15, 0.2) is 0 Å². The molecule has 2 rings (SSSR count). The summed E-state index contributed by atoms with van der Waals surface area (Å²) < 4.78 is 1.83. The maximum atomic E-state index is 11.9. The van der Waals surface area contributed by atoms with Gasteiger partial charge < -0.3 is 9.47 Å². The van der Waals surface area contributed by atoms with Gasteiger partial charge in [0.05, 0.1) is 11.1 Å². The van der Waals surface area contributed by atoms with Crippen molar-refractivity contribution < 1.29 is 4.79 Å². The van der Waals surface area contributed by atoms with E-state index in [2.05, 4.69) is 11.1 Å². The number of imidazole rings is 1. The molecule has 104 valence electrons. The molecule has 0 unspecified atom stereocenters. The van der Waals surface area contributed by atoms with Gasteiger partial charge >= 0.3 is 0 Å². The lowest BCUT2D eigenvalue weighted by molar-refractivity contribution is -0.129. The Morgan fingerprint density at radius 3 is 2.85 bits per heavy atom. The summed E-state index contributed by atoms with van der Waals surface area (Å²) in [5.74, 6) is 1.12. The number of benzene rings is 1. The van der Waals surface area contributed by atoms with E-state index in [0.29, 0.717) is 23.4 Å². The number of halogens is 1. The van der Waals surface area contributed by atoms with E-state index in [1.807, 2.05) is 10.6 Å². The Balaban J connectivity index is 2.58. The topological polar surface area (TPSA) is 61.9 Å². The fourth-order valence-electron chi connectivity index (χ4n) is 2.01. The minimum Gasteiger partial charge on any atom is -0.347 e. The second kappa shape index (κ2) is 5.93. The van der Waals surface area contributed by atoms with Gasteiger partial charge in [-0.2, -0.15) is 5.26 Å². The van der Waals surface area contributed by atoms with Crippen LogP contribution in [-0.2, 0) is 17.8 Å². The third-order valence-corrected chi connectivity index (χ3v) is 3.28. The molecule has 0 aliphatic rings. The fourth-order valence-corrected chi connectivity index (χ4v) is 2.18. The van der Waals surface area contributed by atoms with Crippen molar-refractivity contribution in [3.8, 4) is 6.07 Å². The highest BCUT2D eigenvalue weighted by molar-refractivity contribution is 6.17. The molecular weight excluding hydrogens is 276 g/mol. The van der Waals surface area contributed by atoms with E-state index in [1.165, 1.54) is 4.90 Å². The van der Waals surface area contributed by atoms with E-state index < -0.39 is 0 Å². The maximum Gasteiger partial charge on any atom is 0.242 e. The third kappa shape index (κ3) is 2.61. The van der Waals surface area contributed by atoms with E-state index in [1.54, 1.807) is 26.2 Å². The van der Waals surface area contributed by atoms with Crippen molar-refractivity contribution in [2.45, 2.75) is 13.0 Å². The number of alkyl halides is 1. The van der Waals surface area contributed by atoms with Crippen molar-refractivity contribution >= 4 is 28.5 Å². The minimum absolute atomic E-state index is 0.0255. The smallest absolute Gasteiger partial charge is 0.242 e. The van der Waals surface area contributed by atoms with Crippen LogP contribution in [0.4, 0.5) is 0 Å². The van der Waals surface area contributed by atoms with Crippen molar-refractivity contribution in [3.05, 3.63) is 29.6 Å². The van der Waals surface area contributed by atoms with Gasteiger partial charge in [0.1, 0.15) is 24.0 Å². The average molecular weight is 291 g/mol. The van der Waals surface area contributed by atoms with Gasteiger partial charge in [0.25, 0.3) is 0 Å². The molecule has 6 heteroatoms. The van der Waals surface area contributed by atoms with Gasteiger partial charge in [-0.05, 0) is 12.1 Å². The van der Waals surface area contributed by atoms with Crippen molar-refractivity contribution in [2.75, 3.05) is 20.0 Å². The third-order valence-electron chi connectivity index (χ3n) is 3.09. The van der Waals surface area contributed by atoms with Gasteiger partial charge in [0, 0.05) is 26.4 Å². The van der Waals surface area contributed by atoms with Crippen molar-refractivity contribution in [3.63, 3.8) is 0 Å². The number of aryl methyl sites for hydroxylation is 1. The first-order chi connectivity index (χ1) is 9.58. The van der Waals surface area contributed by atoms with Crippen LogP contribution in [0.2, 0.25) is 0 Å². The number of carbonyl (C=O) groups excluding carboxylic acids is 1. The molecule has 0 spiro atoms. The monoisotopic (exact) mass is 290 g/mol. The maximum absolute atomic E-state index is 11.9. The Morgan fingerprint density at radius 1 is 1.50 bits per heavy atom. The number of likely N-dealkylation sites (N-methyl/N-ethyl adjacent to an activating group) is 1.